The van der Waals surface area contributed by atoms with Crippen molar-refractivity contribution >= 4 is 23.2 Å². The molecule has 0 bridgehead atoms. The Kier molecular flexibility index (Phi) is 6.00. The fraction of sp³-hybridized carbons (Fsp3) is 0.450. The van der Waals surface area contributed by atoms with E-state index in [4.69, 9.17) is 4.74 Å². The number of benzene rings is 1. The molecule has 1 amide bonds. The number of thiazole rings is 1. The fourth-order valence-corrected chi connectivity index (χ4v) is 4.52. The number of amides is 1. The van der Waals surface area contributed by atoms with Gasteiger partial charge in [-0.15, -0.1) is 16.4 Å². The van der Waals surface area contributed by atoms with E-state index in [1.807, 2.05) is 30.3 Å². The smallest absolute Gasteiger partial charge is 0.371 e. The lowest BCUT2D eigenvalue weighted by atomic mass is 9.90. The van der Waals surface area contributed by atoms with Crippen LogP contribution in [0.25, 0.3) is 10.6 Å². The van der Waals surface area contributed by atoms with E-state index in [2.05, 4.69) is 9.82 Å². The van der Waals surface area contributed by atoms with E-state index >= 15 is 0 Å². The number of ether oxygens (including phenoxy) is 1. The highest BCUT2D eigenvalue weighted by molar-refractivity contribution is 7.13. The maximum absolute atomic E-state index is 13.0. The van der Waals surface area contributed by atoms with Crippen molar-refractivity contribution in [2.45, 2.75) is 24.6 Å². The van der Waals surface area contributed by atoms with Crippen molar-refractivity contribution in [1.82, 2.24) is 14.9 Å². The number of carbonyl (C=O) groups excluding carboxylic acids is 2. The van der Waals surface area contributed by atoms with Crippen LogP contribution < -0.4 is 0 Å². The number of hydrogen-bond donors (Lipinski definition) is 0. The van der Waals surface area contributed by atoms with Crippen LogP contribution in [0.3, 0.4) is 0 Å². The van der Waals surface area contributed by atoms with Crippen molar-refractivity contribution in [2.75, 3.05) is 32.8 Å². The second-order valence-corrected chi connectivity index (χ2v) is 8.33. The topological polar surface area (TPSA) is 72.0 Å². The zero-order valence-corrected chi connectivity index (χ0v) is 17.2. The maximum Gasteiger partial charge on any atom is 0.492 e. The Balaban J connectivity index is 1.37. The number of aromatic nitrogens is 1. The minimum atomic E-state index is -5.04. The van der Waals surface area contributed by atoms with Gasteiger partial charge in [-0.25, -0.2) is 9.78 Å². The van der Waals surface area contributed by atoms with Crippen LogP contribution in [0.4, 0.5) is 13.2 Å². The first kappa shape index (κ1) is 21.7. The van der Waals surface area contributed by atoms with Gasteiger partial charge < -0.3 is 14.5 Å². The number of alkyl halides is 3. The first-order chi connectivity index (χ1) is 14.8. The minimum Gasteiger partial charge on any atom is -0.371 e. The van der Waals surface area contributed by atoms with Crippen LogP contribution in [0.1, 0.15) is 23.3 Å². The summed E-state index contributed by atoms with van der Waals surface area (Å²) in [7, 11) is 0. The summed E-state index contributed by atoms with van der Waals surface area (Å²) < 4.78 is 43.1. The number of hydroxylamine groups is 2. The summed E-state index contributed by atoms with van der Waals surface area (Å²) in [5, 5.41) is 3.48. The van der Waals surface area contributed by atoms with Crippen LogP contribution in [0.15, 0.2) is 35.7 Å². The normalized spacial score (nSPS) is 19.4. The summed E-state index contributed by atoms with van der Waals surface area (Å²) >= 11 is 1.39. The third kappa shape index (κ3) is 4.89. The van der Waals surface area contributed by atoms with Crippen LogP contribution in [0.5, 0.6) is 0 Å². The molecule has 0 radical (unpaired) electrons. The van der Waals surface area contributed by atoms with E-state index in [1.165, 1.54) is 11.3 Å². The van der Waals surface area contributed by atoms with Gasteiger partial charge in [-0.3, -0.25) is 4.79 Å². The van der Waals surface area contributed by atoms with Gasteiger partial charge in [0.2, 0.25) is 0 Å². The molecule has 0 unspecified atom stereocenters. The first-order valence-electron chi connectivity index (χ1n) is 9.74. The lowest BCUT2D eigenvalue weighted by molar-refractivity contribution is -0.250. The fourth-order valence-electron chi connectivity index (χ4n) is 3.72. The molecule has 2 aromatic rings. The number of carbonyl (C=O) groups is 2. The quantitative estimate of drug-likeness (QED) is 0.708. The molecule has 0 saturated carbocycles. The number of piperidine rings is 1. The van der Waals surface area contributed by atoms with Crippen LogP contribution in [-0.2, 0) is 14.4 Å². The predicted octanol–water partition coefficient (Wildman–Crippen LogP) is 3.14. The summed E-state index contributed by atoms with van der Waals surface area (Å²) in [6.45, 7) is 1.23. The predicted molar refractivity (Wildman–Crippen MR) is 105 cm³/mol. The molecule has 0 atom stereocenters. The number of halogens is 3. The monoisotopic (exact) mass is 455 g/mol. The number of hydrogen-bond acceptors (Lipinski definition) is 7. The van der Waals surface area contributed by atoms with Gasteiger partial charge in [0.05, 0.1) is 18.8 Å². The largest absolute Gasteiger partial charge is 0.492 e. The first-order valence-corrected chi connectivity index (χ1v) is 10.6. The van der Waals surface area contributed by atoms with Gasteiger partial charge in [0.15, 0.2) is 0 Å². The third-order valence-electron chi connectivity index (χ3n) is 5.36. The van der Waals surface area contributed by atoms with Crippen molar-refractivity contribution in [2.24, 2.45) is 0 Å². The Morgan fingerprint density at radius 3 is 2.52 bits per heavy atom. The number of rotatable bonds is 3. The van der Waals surface area contributed by atoms with E-state index in [1.54, 1.807) is 10.3 Å². The maximum atomic E-state index is 13.0. The Hall–Kier alpha value is -2.50. The molecule has 166 valence electrons. The highest BCUT2D eigenvalue weighted by Gasteiger charge is 2.46. The second-order valence-electron chi connectivity index (χ2n) is 7.47. The second kappa shape index (κ2) is 8.56. The van der Waals surface area contributed by atoms with Gasteiger partial charge in [-0.1, -0.05) is 30.3 Å². The molecule has 3 heterocycles. The highest BCUT2D eigenvalue weighted by Crippen LogP contribution is 2.32. The van der Waals surface area contributed by atoms with Crippen molar-refractivity contribution in [3.05, 3.63) is 41.4 Å². The summed E-state index contributed by atoms with van der Waals surface area (Å²) in [5.41, 5.74) is 0.621. The summed E-state index contributed by atoms with van der Waals surface area (Å²) in [6.07, 6.45) is -4.35. The zero-order chi connectivity index (χ0) is 22.1. The molecule has 2 saturated heterocycles. The Morgan fingerprint density at radius 1 is 1.13 bits per heavy atom. The average Bonchev–Trinajstić information content (AvgIpc) is 3.25. The van der Waals surface area contributed by atoms with Crippen LogP contribution in [0.2, 0.25) is 0 Å². The van der Waals surface area contributed by atoms with Gasteiger partial charge >= 0.3 is 12.1 Å². The molecule has 31 heavy (non-hydrogen) atoms. The third-order valence-corrected chi connectivity index (χ3v) is 6.25. The van der Waals surface area contributed by atoms with Crippen molar-refractivity contribution in [3.8, 4) is 10.6 Å². The van der Waals surface area contributed by atoms with Gasteiger partial charge in [-0.2, -0.15) is 13.2 Å². The Bertz CT molecular complexity index is 943. The Labute approximate surface area is 180 Å². The molecule has 1 spiro atoms. The van der Waals surface area contributed by atoms with Gasteiger partial charge in [-0.05, 0) is 12.8 Å². The molecule has 4 rings (SSSR count). The standard InChI is InChI=1S/C20H20F3N3O4S/c21-20(22,23)18(28)30-26-8-6-19(7-9-26)13-25(10-11-29-19)17(27)15-12-31-16(24-15)14-4-2-1-3-5-14/h1-5,12H,6-11,13H2. The van der Waals surface area contributed by atoms with Crippen LogP contribution in [-0.4, -0.2) is 71.4 Å². The minimum absolute atomic E-state index is 0.0959. The molecular formula is C20H20F3N3O4S. The Morgan fingerprint density at radius 2 is 1.84 bits per heavy atom. The molecule has 1 aromatic carbocycles. The summed E-state index contributed by atoms with van der Waals surface area (Å²) in [6, 6.07) is 9.57. The van der Waals surface area contributed by atoms with Crippen molar-refractivity contribution in [1.29, 1.82) is 0 Å². The van der Waals surface area contributed by atoms with Crippen LogP contribution >= 0.6 is 11.3 Å². The molecule has 2 aliphatic heterocycles. The molecule has 2 fully saturated rings. The molecule has 2 aliphatic rings. The molecule has 0 aliphatic carbocycles. The number of nitrogens with zero attached hydrogens (tertiary/aromatic N) is 3. The van der Waals surface area contributed by atoms with E-state index in [0.717, 1.165) is 15.6 Å². The van der Waals surface area contributed by atoms with E-state index in [0.29, 0.717) is 38.2 Å². The lowest BCUT2D eigenvalue weighted by Crippen LogP contribution is -2.58. The van der Waals surface area contributed by atoms with E-state index in [-0.39, 0.29) is 19.0 Å². The SMILES string of the molecule is O=C(c1csc(-c2ccccc2)n1)N1CCOC2(CCN(OC(=O)C(F)(F)F)CC2)C1. The van der Waals surface area contributed by atoms with Crippen molar-refractivity contribution in [3.63, 3.8) is 0 Å². The van der Waals surface area contributed by atoms with E-state index in [9.17, 15) is 22.8 Å². The van der Waals surface area contributed by atoms with E-state index < -0.39 is 17.7 Å². The average molecular weight is 455 g/mol. The molecule has 1 aromatic heterocycles. The number of morpholine rings is 1. The van der Waals surface area contributed by atoms with Gasteiger partial charge in [0.25, 0.3) is 5.91 Å². The van der Waals surface area contributed by atoms with Crippen molar-refractivity contribution < 1.29 is 32.3 Å². The van der Waals surface area contributed by atoms with Crippen LogP contribution in [0, 0.1) is 0 Å². The molecule has 11 heteroatoms. The zero-order valence-electron chi connectivity index (χ0n) is 16.4. The molecule has 0 N–H and O–H groups in total. The lowest BCUT2D eigenvalue weighted by Gasteiger charge is -2.46. The summed E-state index contributed by atoms with van der Waals surface area (Å²) in [4.78, 5) is 34.6. The molecule has 7 nitrogen and oxygen atoms in total. The van der Waals surface area contributed by atoms with Gasteiger partial charge in [0.1, 0.15) is 10.7 Å². The summed E-state index contributed by atoms with van der Waals surface area (Å²) in [5.74, 6) is -2.44. The van der Waals surface area contributed by atoms with Gasteiger partial charge in [0, 0.05) is 30.6 Å². The molecular weight excluding hydrogens is 435 g/mol. The highest BCUT2D eigenvalue weighted by atomic mass is 32.1.